The molecule has 12 heavy (non-hydrogen) atoms. The van der Waals surface area contributed by atoms with E-state index in [0.29, 0.717) is 0 Å². The van der Waals surface area contributed by atoms with Gasteiger partial charge in [0, 0.05) is 19.0 Å². The normalized spacial score (nSPS) is 19.2. The molecule has 1 heteroatoms. The van der Waals surface area contributed by atoms with Crippen molar-refractivity contribution in [3.8, 4) is 0 Å². The summed E-state index contributed by atoms with van der Waals surface area (Å²) in [6.07, 6.45) is 0. The Balaban J connectivity index is 2.18. The van der Waals surface area contributed by atoms with Gasteiger partial charge in [-0.2, -0.15) is 0 Å². The minimum absolute atomic E-state index is 0.788. The van der Waals surface area contributed by atoms with Crippen LogP contribution in [0.15, 0.2) is 24.3 Å². The molecule has 0 aliphatic carbocycles. The predicted octanol–water partition coefficient (Wildman–Crippen LogP) is 2.02. The lowest BCUT2D eigenvalue weighted by Crippen LogP contribution is -2.41. The molecule has 0 unspecified atom stereocenters. The molecule has 0 amide bonds. The third-order valence-electron chi connectivity index (χ3n) is 2.69. The van der Waals surface area contributed by atoms with Crippen LogP contribution < -0.4 is 0 Å². The van der Waals surface area contributed by atoms with E-state index in [0.717, 1.165) is 5.92 Å². The van der Waals surface area contributed by atoms with E-state index in [9.17, 15) is 0 Å². The number of aryl methyl sites for hydroxylation is 1. The van der Waals surface area contributed by atoms with E-state index in [1.165, 1.54) is 24.2 Å². The van der Waals surface area contributed by atoms with Gasteiger partial charge < -0.3 is 4.90 Å². The van der Waals surface area contributed by atoms with Crippen LogP contribution in [-0.2, 0) is 0 Å². The second-order valence-electron chi connectivity index (χ2n) is 3.77. The second-order valence-corrected chi connectivity index (χ2v) is 3.77. The smallest absolute Gasteiger partial charge is 0.00959 e. The quantitative estimate of drug-likeness (QED) is 0.609. The Hall–Kier alpha value is -0.820. The van der Waals surface area contributed by atoms with Gasteiger partial charge in [0.15, 0.2) is 0 Å². The monoisotopic (exact) mass is 161 g/mol. The molecule has 1 aromatic carbocycles. The van der Waals surface area contributed by atoms with Crippen LogP contribution in [0.25, 0.3) is 0 Å². The minimum atomic E-state index is 0.788. The van der Waals surface area contributed by atoms with Gasteiger partial charge in [-0.15, -0.1) is 0 Å². The third kappa shape index (κ3) is 1.25. The number of nitrogens with zero attached hydrogens (tertiary/aromatic N) is 1. The van der Waals surface area contributed by atoms with E-state index < -0.39 is 0 Å². The first-order valence-electron chi connectivity index (χ1n) is 4.51. The molecule has 0 spiro atoms. The summed E-state index contributed by atoms with van der Waals surface area (Å²) in [4.78, 5) is 2.36. The molecule has 64 valence electrons. The molecule has 0 bridgehead atoms. The predicted molar refractivity (Wildman–Crippen MR) is 51.4 cm³/mol. The molecule has 1 saturated heterocycles. The molecule has 1 aromatic rings. The fourth-order valence-corrected chi connectivity index (χ4v) is 1.94. The first-order valence-corrected chi connectivity index (χ1v) is 4.51. The van der Waals surface area contributed by atoms with Crippen molar-refractivity contribution in [3.63, 3.8) is 0 Å². The molecule has 1 aliphatic heterocycles. The highest BCUT2D eigenvalue weighted by atomic mass is 15.2. The Morgan fingerprint density at radius 1 is 1.25 bits per heavy atom. The van der Waals surface area contributed by atoms with Crippen LogP contribution >= 0.6 is 0 Å². The van der Waals surface area contributed by atoms with Gasteiger partial charge in [-0.3, -0.25) is 0 Å². The molecule has 1 fully saturated rings. The third-order valence-corrected chi connectivity index (χ3v) is 2.69. The molecule has 0 N–H and O–H groups in total. The van der Waals surface area contributed by atoms with Gasteiger partial charge in [-0.1, -0.05) is 24.3 Å². The first-order chi connectivity index (χ1) is 5.77. The van der Waals surface area contributed by atoms with Crippen LogP contribution in [0, 0.1) is 6.92 Å². The van der Waals surface area contributed by atoms with Crippen molar-refractivity contribution in [1.82, 2.24) is 4.90 Å². The lowest BCUT2D eigenvalue weighted by molar-refractivity contribution is 0.189. The van der Waals surface area contributed by atoms with Gasteiger partial charge in [-0.25, -0.2) is 0 Å². The zero-order chi connectivity index (χ0) is 8.55. The van der Waals surface area contributed by atoms with Crippen molar-refractivity contribution in [3.05, 3.63) is 35.4 Å². The Morgan fingerprint density at radius 2 is 1.92 bits per heavy atom. The molecule has 0 aromatic heterocycles. The molecule has 1 heterocycles. The van der Waals surface area contributed by atoms with Gasteiger partial charge in [0.05, 0.1) is 0 Å². The Kier molecular flexibility index (Phi) is 1.89. The molecule has 1 aliphatic rings. The average molecular weight is 161 g/mol. The summed E-state index contributed by atoms with van der Waals surface area (Å²) < 4.78 is 0. The van der Waals surface area contributed by atoms with Crippen molar-refractivity contribution in [2.24, 2.45) is 0 Å². The second kappa shape index (κ2) is 2.91. The fourth-order valence-electron chi connectivity index (χ4n) is 1.94. The molecule has 1 nitrogen and oxygen atoms in total. The highest BCUT2D eigenvalue weighted by molar-refractivity contribution is 5.31. The van der Waals surface area contributed by atoms with Gasteiger partial charge in [0.1, 0.15) is 0 Å². The summed E-state index contributed by atoms with van der Waals surface area (Å²) >= 11 is 0. The largest absolute Gasteiger partial charge is 0.305 e. The summed E-state index contributed by atoms with van der Waals surface area (Å²) in [7, 11) is 2.18. The van der Waals surface area contributed by atoms with E-state index in [4.69, 9.17) is 0 Å². The number of likely N-dealkylation sites (N-methyl/N-ethyl adjacent to an activating group) is 1. The number of hydrogen-bond donors (Lipinski definition) is 0. The Bertz CT molecular complexity index is 274. The average Bonchev–Trinajstić information content (AvgIpc) is 2.01. The Labute approximate surface area is 74.0 Å². The summed E-state index contributed by atoms with van der Waals surface area (Å²) in [5.74, 6) is 0.788. The molecular formula is C11H15N. The van der Waals surface area contributed by atoms with Crippen molar-refractivity contribution >= 4 is 0 Å². The van der Waals surface area contributed by atoms with E-state index in [1.54, 1.807) is 0 Å². The van der Waals surface area contributed by atoms with E-state index >= 15 is 0 Å². The van der Waals surface area contributed by atoms with Gasteiger partial charge in [0.25, 0.3) is 0 Å². The fraction of sp³-hybridized carbons (Fsp3) is 0.455. The van der Waals surface area contributed by atoms with Gasteiger partial charge in [-0.05, 0) is 25.1 Å². The van der Waals surface area contributed by atoms with E-state index in [1.807, 2.05) is 0 Å². The van der Waals surface area contributed by atoms with E-state index in [2.05, 4.69) is 43.1 Å². The van der Waals surface area contributed by atoms with Crippen molar-refractivity contribution < 1.29 is 0 Å². The maximum absolute atomic E-state index is 2.36. The van der Waals surface area contributed by atoms with Crippen LogP contribution in [0.2, 0.25) is 0 Å². The summed E-state index contributed by atoms with van der Waals surface area (Å²) in [6.45, 7) is 4.66. The maximum Gasteiger partial charge on any atom is 0.00959 e. The highest BCUT2D eigenvalue weighted by Gasteiger charge is 2.25. The minimum Gasteiger partial charge on any atom is -0.305 e. The molecule has 0 atom stereocenters. The molecule has 2 rings (SSSR count). The van der Waals surface area contributed by atoms with Crippen molar-refractivity contribution in [2.75, 3.05) is 20.1 Å². The zero-order valence-electron chi connectivity index (χ0n) is 7.75. The van der Waals surface area contributed by atoms with E-state index in [-0.39, 0.29) is 0 Å². The lowest BCUT2D eigenvalue weighted by Gasteiger charge is -2.37. The lowest BCUT2D eigenvalue weighted by atomic mass is 9.89. The van der Waals surface area contributed by atoms with Gasteiger partial charge in [0.2, 0.25) is 0 Å². The number of likely N-dealkylation sites (tertiary alicyclic amines) is 1. The topological polar surface area (TPSA) is 3.24 Å². The Morgan fingerprint density at radius 3 is 2.50 bits per heavy atom. The van der Waals surface area contributed by atoms with Crippen molar-refractivity contribution in [1.29, 1.82) is 0 Å². The highest BCUT2D eigenvalue weighted by Crippen LogP contribution is 2.27. The van der Waals surface area contributed by atoms with Crippen molar-refractivity contribution in [2.45, 2.75) is 12.8 Å². The SMILES string of the molecule is Cc1ccccc1C1CN(C)C1. The molecule has 0 radical (unpaired) electrons. The van der Waals surface area contributed by atoms with Crippen LogP contribution in [0.3, 0.4) is 0 Å². The van der Waals surface area contributed by atoms with Crippen LogP contribution in [0.4, 0.5) is 0 Å². The first kappa shape index (κ1) is 7.81. The summed E-state index contributed by atoms with van der Waals surface area (Å²) in [6, 6.07) is 8.71. The molecule has 0 saturated carbocycles. The van der Waals surface area contributed by atoms with Gasteiger partial charge >= 0.3 is 0 Å². The number of hydrogen-bond acceptors (Lipinski definition) is 1. The summed E-state index contributed by atoms with van der Waals surface area (Å²) in [5.41, 5.74) is 2.98. The number of benzene rings is 1. The van der Waals surface area contributed by atoms with Crippen LogP contribution in [-0.4, -0.2) is 25.0 Å². The zero-order valence-corrected chi connectivity index (χ0v) is 7.75. The summed E-state index contributed by atoms with van der Waals surface area (Å²) in [5, 5.41) is 0. The van der Waals surface area contributed by atoms with Crippen LogP contribution in [0.5, 0.6) is 0 Å². The number of rotatable bonds is 1. The standard InChI is InChI=1S/C11H15N/c1-9-5-3-4-6-11(9)10-7-12(2)8-10/h3-6,10H,7-8H2,1-2H3. The van der Waals surface area contributed by atoms with Crippen LogP contribution in [0.1, 0.15) is 17.0 Å². The molecular weight excluding hydrogens is 146 g/mol. The maximum atomic E-state index is 2.36.